The minimum atomic E-state index is -4.31. The van der Waals surface area contributed by atoms with Crippen molar-refractivity contribution in [3.8, 4) is 0 Å². The average molecular weight is 372 g/mol. The van der Waals surface area contributed by atoms with Crippen molar-refractivity contribution in [3.05, 3.63) is 16.4 Å². The second-order valence-electron chi connectivity index (χ2n) is 5.05. The van der Waals surface area contributed by atoms with Gasteiger partial charge < -0.3 is 10.1 Å². The largest absolute Gasteiger partial charge is 0.411 e. The average Bonchev–Trinajstić information content (AvgIpc) is 2.74. The molecule has 1 unspecified atom stereocenters. The summed E-state index contributed by atoms with van der Waals surface area (Å²) >= 11 is 3.41. The molecule has 1 aromatic heterocycles. The number of ether oxygens (including phenoxy) is 1. The van der Waals surface area contributed by atoms with E-state index in [0.717, 1.165) is 16.6 Å². The highest BCUT2D eigenvalue weighted by atomic mass is 79.9. The van der Waals surface area contributed by atoms with Crippen LogP contribution in [-0.4, -0.2) is 35.7 Å². The normalized spacial score (nSPS) is 13.9. The molecule has 0 saturated heterocycles. The lowest BCUT2D eigenvalue weighted by Gasteiger charge is -2.22. The molecular formula is C13H21BrF3N3O. The molecule has 4 nitrogen and oxygen atoms in total. The van der Waals surface area contributed by atoms with Gasteiger partial charge in [-0.25, -0.2) is 0 Å². The van der Waals surface area contributed by atoms with Crippen LogP contribution in [-0.2, 0) is 4.74 Å². The highest BCUT2D eigenvalue weighted by Gasteiger charge is 2.29. The monoisotopic (exact) mass is 371 g/mol. The standard InChI is InChI=1S/C13H21BrF3N3O/c1-4-5-18-11(7-21-8-13(15,16)17)12-10(14)6-19-20(12)9(2)3/h6,9,11,18H,4-5,7-8H2,1-3H3. The van der Waals surface area contributed by atoms with Crippen LogP contribution in [0.1, 0.15) is 45.0 Å². The summed E-state index contributed by atoms with van der Waals surface area (Å²) in [5.74, 6) is 0. The lowest BCUT2D eigenvalue weighted by molar-refractivity contribution is -0.175. The van der Waals surface area contributed by atoms with E-state index < -0.39 is 12.8 Å². The van der Waals surface area contributed by atoms with Gasteiger partial charge in [0.1, 0.15) is 6.61 Å². The molecule has 1 atom stereocenters. The van der Waals surface area contributed by atoms with Crippen LogP contribution in [0.4, 0.5) is 13.2 Å². The molecule has 0 bridgehead atoms. The SMILES string of the molecule is CCCNC(COCC(F)(F)F)c1c(Br)cnn1C(C)C. The van der Waals surface area contributed by atoms with Crippen molar-refractivity contribution in [2.45, 2.75) is 45.5 Å². The number of rotatable bonds is 8. The second kappa shape index (κ2) is 8.14. The van der Waals surface area contributed by atoms with E-state index in [0.29, 0.717) is 6.54 Å². The first-order valence-electron chi connectivity index (χ1n) is 6.87. The van der Waals surface area contributed by atoms with Crippen LogP contribution in [0.5, 0.6) is 0 Å². The summed E-state index contributed by atoms with van der Waals surface area (Å²) in [6.07, 6.45) is -1.78. The van der Waals surface area contributed by atoms with Crippen LogP contribution in [0.2, 0.25) is 0 Å². The zero-order valence-electron chi connectivity index (χ0n) is 12.4. The molecule has 8 heteroatoms. The molecule has 0 amide bonds. The fourth-order valence-corrected chi connectivity index (χ4v) is 2.48. The summed E-state index contributed by atoms with van der Waals surface area (Å²) < 4.78 is 44.0. The minimum absolute atomic E-state index is 0.0590. The first-order chi connectivity index (χ1) is 9.76. The number of halogens is 4. The quantitative estimate of drug-likeness (QED) is 0.754. The Morgan fingerprint density at radius 2 is 2.10 bits per heavy atom. The molecule has 1 rings (SSSR count). The summed E-state index contributed by atoms with van der Waals surface area (Å²) in [5, 5.41) is 7.46. The van der Waals surface area contributed by atoms with Gasteiger partial charge in [-0.2, -0.15) is 18.3 Å². The maximum absolute atomic E-state index is 12.2. The van der Waals surface area contributed by atoms with Crippen molar-refractivity contribution in [2.75, 3.05) is 19.8 Å². The van der Waals surface area contributed by atoms with E-state index >= 15 is 0 Å². The third kappa shape index (κ3) is 5.96. The van der Waals surface area contributed by atoms with Gasteiger partial charge in [0.15, 0.2) is 0 Å². The van der Waals surface area contributed by atoms with Crippen LogP contribution in [0.15, 0.2) is 10.7 Å². The summed E-state index contributed by atoms with van der Waals surface area (Å²) in [6.45, 7) is 5.32. The van der Waals surface area contributed by atoms with E-state index in [2.05, 4.69) is 26.3 Å². The van der Waals surface area contributed by atoms with Gasteiger partial charge in [0.05, 0.1) is 29.0 Å². The van der Waals surface area contributed by atoms with Crippen LogP contribution in [0.3, 0.4) is 0 Å². The summed E-state index contributed by atoms with van der Waals surface area (Å²) in [5.41, 5.74) is 0.806. The van der Waals surface area contributed by atoms with Crippen molar-refractivity contribution < 1.29 is 17.9 Å². The number of alkyl halides is 3. The van der Waals surface area contributed by atoms with Gasteiger partial charge in [-0.1, -0.05) is 6.92 Å². The number of nitrogens with one attached hydrogen (secondary N) is 1. The Hall–Kier alpha value is -0.600. The van der Waals surface area contributed by atoms with E-state index in [1.165, 1.54) is 0 Å². The van der Waals surface area contributed by atoms with Gasteiger partial charge in [0.25, 0.3) is 0 Å². The maximum atomic E-state index is 12.2. The molecule has 1 aromatic rings. The fourth-order valence-electron chi connectivity index (χ4n) is 1.93. The zero-order chi connectivity index (χ0) is 16.0. The number of nitrogens with zero attached hydrogens (tertiary/aromatic N) is 2. The van der Waals surface area contributed by atoms with Gasteiger partial charge in [-0.3, -0.25) is 4.68 Å². The zero-order valence-corrected chi connectivity index (χ0v) is 14.0. The Labute approximate surface area is 131 Å². The first kappa shape index (κ1) is 18.4. The Morgan fingerprint density at radius 3 is 2.62 bits per heavy atom. The van der Waals surface area contributed by atoms with E-state index in [4.69, 9.17) is 4.74 Å². The van der Waals surface area contributed by atoms with Crippen molar-refractivity contribution in [1.29, 1.82) is 0 Å². The molecule has 1 N–H and O–H groups in total. The highest BCUT2D eigenvalue weighted by molar-refractivity contribution is 9.10. The molecule has 0 aliphatic rings. The van der Waals surface area contributed by atoms with Gasteiger partial charge in [-0.05, 0) is 42.7 Å². The van der Waals surface area contributed by atoms with E-state index in [-0.39, 0.29) is 18.7 Å². The number of hydrogen-bond acceptors (Lipinski definition) is 3. The smallest absolute Gasteiger partial charge is 0.370 e. The molecule has 0 aromatic carbocycles. The van der Waals surface area contributed by atoms with Crippen LogP contribution >= 0.6 is 15.9 Å². The van der Waals surface area contributed by atoms with E-state index in [1.807, 2.05) is 20.8 Å². The molecule has 0 radical (unpaired) electrons. The highest BCUT2D eigenvalue weighted by Crippen LogP contribution is 2.27. The lowest BCUT2D eigenvalue weighted by Crippen LogP contribution is -2.31. The van der Waals surface area contributed by atoms with E-state index in [9.17, 15) is 13.2 Å². The van der Waals surface area contributed by atoms with Gasteiger partial charge in [-0.15, -0.1) is 0 Å². The maximum Gasteiger partial charge on any atom is 0.411 e. The van der Waals surface area contributed by atoms with Gasteiger partial charge >= 0.3 is 6.18 Å². The van der Waals surface area contributed by atoms with Gasteiger partial charge in [0.2, 0.25) is 0 Å². The Kier molecular flexibility index (Phi) is 7.15. The van der Waals surface area contributed by atoms with Crippen molar-refractivity contribution in [1.82, 2.24) is 15.1 Å². The predicted octanol–water partition coefficient (Wildman–Crippen LogP) is 3.85. The van der Waals surface area contributed by atoms with Crippen molar-refractivity contribution in [3.63, 3.8) is 0 Å². The minimum Gasteiger partial charge on any atom is -0.370 e. The molecule has 21 heavy (non-hydrogen) atoms. The molecule has 0 fully saturated rings. The predicted molar refractivity (Wildman–Crippen MR) is 78.2 cm³/mol. The molecule has 0 aliphatic heterocycles. The third-order valence-electron chi connectivity index (χ3n) is 2.80. The van der Waals surface area contributed by atoms with Crippen molar-refractivity contribution in [2.24, 2.45) is 0 Å². The number of hydrogen-bond donors (Lipinski definition) is 1. The first-order valence-corrected chi connectivity index (χ1v) is 7.66. The van der Waals surface area contributed by atoms with Crippen LogP contribution < -0.4 is 5.32 Å². The van der Waals surface area contributed by atoms with Crippen molar-refractivity contribution >= 4 is 15.9 Å². The summed E-state index contributed by atoms with van der Waals surface area (Å²) in [7, 11) is 0. The third-order valence-corrected chi connectivity index (χ3v) is 3.41. The second-order valence-corrected chi connectivity index (χ2v) is 5.91. The summed E-state index contributed by atoms with van der Waals surface area (Å²) in [6, 6.07) is -0.230. The molecule has 1 heterocycles. The molecule has 0 aliphatic carbocycles. The van der Waals surface area contributed by atoms with E-state index in [1.54, 1.807) is 10.9 Å². The number of aromatic nitrogens is 2. The molecule has 0 spiro atoms. The Balaban J connectivity index is 2.84. The molecular weight excluding hydrogens is 351 g/mol. The lowest BCUT2D eigenvalue weighted by atomic mass is 10.2. The van der Waals surface area contributed by atoms with Gasteiger partial charge in [0, 0.05) is 6.04 Å². The molecule has 122 valence electrons. The Morgan fingerprint density at radius 1 is 1.43 bits per heavy atom. The Bertz CT molecular complexity index is 435. The fraction of sp³-hybridized carbons (Fsp3) is 0.769. The topological polar surface area (TPSA) is 39.1 Å². The molecule has 0 saturated carbocycles. The van der Waals surface area contributed by atoms with Crippen LogP contribution in [0.25, 0.3) is 0 Å². The van der Waals surface area contributed by atoms with Crippen LogP contribution in [0, 0.1) is 0 Å². The summed E-state index contributed by atoms with van der Waals surface area (Å²) in [4.78, 5) is 0.